The van der Waals surface area contributed by atoms with Gasteiger partial charge in [-0.25, -0.2) is 9.97 Å². The molecule has 0 spiro atoms. The van der Waals surface area contributed by atoms with Gasteiger partial charge in [0.1, 0.15) is 17.3 Å². The first kappa shape index (κ1) is 17.2. The molecule has 0 bridgehead atoms. The summed E-state index contributed by atoms with van der Waals surface area (Å²) in [5.74, 6) is 1.23. The SMILES string of the molecule is CC(C)Oc1ccc(NC(=O)c2cnc(N3CCOCC3)cn2)cc1. The van der Waals surface area contributed by atoms with Crippen LogP contribution in [0, 0.1) is 0 Å². The van der Waals surface area contributed by atoms with E-state index in [-0.39, 0.29) is 17.7 Å². The molecule has 1 aromatic heterocycles. The second kappa shape index (κ2) is 7.94. The zero-order valence-corrected chi connectivity index (χ0v) is 14.4. The Morgan fingerprint density at radius 2 is 1.88 bits per heavy atom. The van der Waals surface area contributed by atoms with Gasteiger partial charge in [-0.2, -0.15) is 0 Å². The summed E-state index contributed by atoms with van der Waals surface area (Å²) in [6, 6.07) is 7.24. The summed E-state index contributed by atoms with van der Waals surface area (Å²) < 4.78 is 10.9. The fraction of sp³-hybridized carbons (Fsp3) is 0.389. The third-order valence-electron chi connectivity index (χ3n) is 3.69. The van der Waals surface area contributed by atoms with Gasteiger partial charge in [0, 0.05) is 18.8 Å². The van der Waals surface area contributed by atoms with E-state index in [1.165, 1.54) is 6.20 Å². The predicted molar refractivity (Wildman–Crippen MR) is 95.2 cm³/mol. The van der Waals surface area contributed by atoms with Gasteiger partial charge in [0.15, 0.2) is 0 Å². The Balaban J connectivity index is 1.60. The maximum Gasteiger partial charge on any atom is 0.275 e. The van der Waals surface area contributed by atoms with Crippen LogP contribution >= 0.6 is 0 Å². The molecule has 1 aromatic carbocycles. The molecule has 0 atom stereocenters. The summed E-state index contributed by atoms with van der Waals surface area (Å²) in [4.78, 5) is 22.9. The predicted octanol–water partition coefficient (Wildman–Crippen LogP) is 2.35. The first-order valence-electron chi connectivity index (χ1n) is 8.34. The Kier molecular flexibility index (Phi) is 5.45. The van der Waals surface area contributed by atoms with E-state index in [0.29, 0.717) is 18.9 Å². The van der Waals surface area contributed by atoms with E-state index < -0.39 is 0 Å². The Morgan fingerprint density at radius 1 is 1.16 bits per heavy atom. The van der Waals surface area contributed by atoms with Crippen LogP contribution in [0.25, 0.3) is 0 Å². The lowest BCUT2D eigenvalue weighted by Gasteiger charge is -2.27. The van der Waals surface area contributed by atoms with E-state index in [2.05, 4.69) is 20.2 Å². The molecule has 2 heterocycles. The van der Waals surface area contributed by atoms with Crippen molar-refractivity contribution in [3.63, 3.8) is 0 Å². The van der Waals surface area contributed by atoms with Crippen LogP contribution in [0.2, 0.25) is 0 Å². The number of nitrogens with one attached hydrogen (secondary N) is 1. The van der Waals surface area contributed by atoms with Gasteiger partial charge in [0.2, 0.25) is 0 Å². The van der Waals surface area contributed by atoms with E-state index in [0.717, 1.165) is 24.7 Å². The molecule has 7 heteroatoms. The summed E-state index contributed by atoms with van der Waals surface area (Å²) in [6.45, 7) is 6.86. The summed E-state index contributed by atoms with van der Waals surface area (Å²) in [6.07, 6.45) is 3.23. The molecule has 1 fully saturated rings. The van der Waals surface area contributed by atoms with Crippen molar-refractivity contribution in [2.75, 3.05) is 36.5 Å². The maximum atomic E-state index is 12.3. The fourth-order valence-electron chi connectivity index (χ4n) is 2.48. The number of benzene rings is 1. The molecule has 132 valence electrons. The van der Waals surface area contributed by atoms with Crippen LogP contribution in [0.1, 0.15) is 24.3 Å². The monoisotopic (exact) mass is 342 g/mol. The molecular formula is C18H22N4O3. The van der Waals surface area contributed by atoms with Gasteiger partial charge in [0.25, 0.3) is 5.91 Å². The number of ether oxygens (including phenoxy) is 2. The van der Waals surface area contributed by atoms with Crippen molar-refractivity contribution in [2.24, 2.45) is 0 Å². The lowest BCUT2D eigenvalue weighted by molar-refractivity contribution is 0.102. The first-order valence-corrected chi connectivity index (χ1v) is 8.34. The highest BCUT2D eigenvalue weighted by Gasteiger charge is 2.14. The van der Waals surface area contributed by atoms with Gasteiger partial charge in [-0.05, 0) is 38.1 Å². The number of amides is 1. The van der Waals surface area contributed by atoms with Crippen molar-refractivity contribution in [1.29, 1.82) is 0 Å². The van der Waals surface area contributed by atoms with Crippen LogP contribution in [-0.4, -0.2) is 48.3 Å². The lowest BCUT2D eigenvalue weighted by Crippen LogP contribution is -2.36. The van der Waals surface area contributed by atoms with Gasteiger partial charge in [-0.15, -0.1) is 0 Å². The van der Waals surface area contributed by atoms with Crippen LogP contribution in [0.15, 0.2) is 36.7 Å². The standard InChI is InChI=1S/C18H22N4O3/c1-13(2)25-15-5-3-14(4-6-15)21-18(23)16-11-20-17(12-19-16)22-7-9-24-10-8-22/h3-6,11-13H,7-10H2,1-2H3,(H,21,23). The van der Waals surface area contributed by atoms with Crippen molar-refractivity contribution >= 4 is 17.4 Å². The molecular weight excluding hydrogens is 320 g/mol. The number of carbonyl (C=O) groups is 1. The van der Waals surface area contributed by atoms with Crippen molar-refractivity contribution in [1.82, 2.24) is 9.97 Å². The number of aromatic nitrogens is 2. The van der Waals surface area contributed by atoms with E-state index in [4.69, 9.17) is 9.47 Å². The zero-order valence-electron chi connectivity index (χ0n) is 14.4. The summed E-state index contributed by atoms with van der Waals surface area (Å²) in [5.41, 5.74) is 0.958. The van der Waals surface area contributed by atoms with Crippen LogP contribution in [0.3, 0.4) is 0 Å². The van der Waals surface area contributed by atoms with Crippen molar-refractivity contribution < 1.29 is 14.3 Å². The van der Waals surface area contributed by atoms with Gasteiger partial charge in [0.05, 0.1) is 31.7 Å². The van der Waals surface area contributed by atoms with Crippen LogP contribution in [-0.2, 0) is 4.74 Å². The van der Waals surface area contributed by atoms with E-state index in [9.17, 15) is 4.79 Å². The Hall–Kier alpha value is -2.67. The Morgan fingerprint density at radius 3 is 2.48 bits per heavy atom. The summed E-state index contributed by atoms with van der Waals surface area (Å²) in [5, 5.41) is 2.81. The molecule has 0 aliphatic carbocycles. The Labute approximate surface area is 147 Å². The maximum absolute atomic E-state index is 12.3. The highest BCUT2D eigenvalue weighted by Crippen LogP contribution is 2.17. The first-order chi connectivity index (χ1) is 12.1. The smallest absolute Gasteiger partial charge is 0.275 e. The summed E-state index contributed by atoms with van der Waals surface area (Å²) >= 11 is 0. The van der Waals surface area contributed by atoms with Crippen molar-refractivity contribution in [3.8, 4) is 5.75 Å². The molecule has 0 radical (unpaired) electrons. The topological polar surface area (TPSA) is 76.6 Å². The molecule has 1 aliphatic rings. The number of rotatable bonds is 5. The second-order valence-electron chi connectivity index (χ2n) is 6.00. The van der Waals surface area contributed by atoms with E-state index in [1.54, 1.807) is 18.3 Å². The molecule has 1 amide bonds. The quantitative estimate of drug-likeness (QED) is 0.899. The Bertz CT molecular complexity index is 695. The van der Waals surface area contributed by atoms with Gasteiger partial charge in [-0.3, -0.25) is 4.79 Å². The normalized spacial score (nSPS) is 14.4. The molecule has 1 saturated heterocycles. The largest absolute Gasteiger partial charge is 0.491 e. The minimum Gasteiger partial charge on any atom is -0.491 e. The van der Waals surface area contributed by atoms with Gasteiger partial charge >= 0.3 is 0 Å². The summed E-state index contributed by atoms with van der Waals surface area (Å²) in [7, 11) is 0. The zero-order chi connectivity index (χ0) is 17.6. The number of nitrogens with zero attached hydrogens (tertiary/aromatic N) is 3. The highest BCUT2D eigenvalue weighted by molar-refractivity contribution is 6.02. The van der Waals surface area contributed by atoms with Crippen LogP contribution < -0.4 is 15.0 Å². The number of anilines is 2. The average Bonchev–Trinajstić information content (AvgIpc) is 2.64. The number of hydrogen-bond acceptors (Lipinski definition) is 6. The van der Waals surface area contributed by atoms with Crippen molar-refractivity contribution in [3.05, 3.63) is 42.4 Å². The van der Waals surface area contributed by atoms with Gasteiger partial charge < -0.3 is 19.7 Å². The molecule has 0 saturated carbocycles. The molecule has 3 rings (SSSR count). The molecule has 25 heavy (non-hydrogen) atoms. The third-order valence-corrected chi connectivity index (χ3v) is 3.69. The molecule has 1 aliphatic heterocycles. The van der Waals surface area contributed by atoms with E-state index >= 15 is 0 Å². The van der Waals surface area contributed by atoms with E-state index in [1.807, 2.05) is 26.0 Å². The minimum absolute atomic E-state index is 0.112. The molecule has 7 nitrogen and oxygen atoms in total. The number of hydrogen-bond donors (Lipinski definition) is 1. The van der Waals surface area contributed by atoms with Crippen molar-refractivity contribution in [2.45, 2.75) is 20.0 Å². The lowest BCUT2D eigenvalue weighted by atomic mass is 10.3. The van der Waals surface area contributed by atoms with Crippen LogP contribution in [0.4, 0.5) is 11.5 Å². The molecule has 2 aromatic rings. The second-order valence-corrected chi connectivity index (χ2v) is 6.00. The molecule has 1 N–H and O–H groups in total. The fourth-order valence-corrected chi connectivity index (χ4v) is 2.48. The third kappa shape index (κ3) is 4.67. The minimum atomic E-state index is -0.293. The highest BCUT2D eigenvalue weighted by atomic mass is 16.5. The van der Waals surface area contributed by atoms with Crippen LogP contribution in [0.5, 0.6) is 5.75 Å². The number of carbonyl (C=O) groups excluding carboxylic acids is 1. The van der Waals surface area contributed by atoms with Gasteiger partial charge in [-0.1, -0.05) is 0 Å². The number of morpholine rings is 1. The average molecular weight is 342 g/mol. The molecule has 0 unspecified atom stereocenters.